The Morgan fingerprint density at radius 3 is 2.52 bits per heavy atom. The van der Waals surface area contributed by atoms with Gasteiger partial charge < -0.3 is 10.1 Å². The molecule has 1 aromatic rings. The molecule has 1 aromatic carbocycles. The Hall–Kier alpha value is -1.08. The van der Waals surface area contributed by atoms with Gasteiger partial charge in [-0.25, -0.2) is 4.39 Å². The lowest BCUT2D eigenvalue weighted by atomic mass is 10.2. The number of carbonyl (C=O) groups excluding carboxylic acids is 2. The summed E-state index contributed by atoms with van der Waals surface area (Å²) in [7, 11) is 0. The molecule has 0 radical (unpaired) electrons. The van der Waals surface area contributed by atoms with Gasteiger partial charge >= 0.3 is 5.97 Å². The van der Waals surface area contributed by atoms with E-state index < -0.39 is 16.7 Å². The van der Waals surface area contributed by atoms with Gasteiger partial charge in [-0.2, -0.15) is 0 Å². The molecule has 23 heavy (non-hydrogen) atoms. The summed E-state index contributed by atoms with van der Waals surface area (Å²) in [5.74, 6) is -1.16. The van der Waals surface area contributed by atoms with Crippen molar-refractivity contribution < 1.29 is 18.7 Å². The molecule has 0 aliphatic rings. The average Bonchev–Trinajstić information content (AvgIpc) is 2.41. The number of rotatable bonds is 5. The van der Waals surface area contributed by atoms with Crippen molar-refractivity contribution in [2.45, 2.75) is 56.8 Å². The number of esters is 1. The fourth-order valence-corrected chi connectivity index (χ4v) is 3.06. The van der Waals surface area contributed by atoms with Crippen molar-refractivity contribution in [2.24, 2.45) is 0 Å². The standard InChI is InChI=1S/C16H21BrFNO3S/c1-6-14(20)19-12-8-13(10(17)7-11(12)18)23-9(2)15(21)22-16(3,4)5/h7-9H,6H2,1-5H3,(H,19,20). The molecule has 128 valence electrons. The quantitative estimate of drug-likeness (QED) is 0.566. The minimum Gasteiger partial charge on any atom is -0.459 e. The Kier molecular flexibility index (Phi) is 7.07. The lowest BCUT2D eigenvalue weighted by Crippen LogP contribution is -2.28. The fraction of sp³-hybridized carbons (Fsp3) is 0.500. The second kappa shape index (κ2) is 8.15. The summed E-state index contributed by atoms with van der Waals surface area (Å²) in [4.78, 5) is 24.1. The summed E-state index contributed by atoms with van der Waals surface area (Å²) < 4.78 is 19.7. The summed E-state index contributed by atoms with van der Waals surface area (Å²) in [6.45, 7) is 8.81. The Labute approximate surface area is 148 Å². The summed E-state index contributed by atoms with van der Waals surface area (Å²) in [5.41, 5.74) is -0.467. The molecule has 1 rings (SSSR count). The molecule has 0 aliphatic carbocycles. The molecule has 0 saturated carbocycles. The first-order chi connectivity index (χ1) is 10.5. The number of anilines is 1. The molecular weight excluding hydrogens is 385 g/mol. The van der Waals surface area contributed by atoms with E-state index in [0.717, 1.165) is 0 Å². The minimum absolute atomic E-state index is 0.0962. The second-order valence-electron chi connectivity index (χ2n) is 5.96. The van der Waals surface area contributed by atoms with E-state index in [4.69, 9.17) is 4.74 Å². The Balaban J connectivity index is 2.93. The van der Waals surface area contributed by atoms with Gasteiger partial charge in [0.05, 0.1) is 5.69 Å². The van der Waals surface area contributed by atoms with Gasteiger partial charge in [-0.3, -0.25) is 9.59 Å². The smallest absolute Gasteiger partial charge is 0.319 e. The predicted octanol–water partition coefficient (Wildman–Crippen LogP) is 4.76. The molecule has 0 saturated heterocycles. The van der Waals surface area contributed by atoms with E-state index in [9.17, 15) is 14.0 Å². The normalized spacial score (nSPS) is 12.7. The predicted molar refractivity (Wildman–Crippen MR) is 94.2 cm³/mol. The molecule has 0 fully saturated rings. The number of thioether (sulfide) groups is 1. The van der Waals surface area contributed by atoms with Gasteiger partial charge in [0.2, 0.25) is 5.91 Å². The number of hydrogen-bond donors (Lipinski definition) is 1. The zero-order valence-corrected chi connectivity index (χ0v) is 16.2. The Bertz CT molecular complexity index is 602. The first kappa shape index (κ1) is 20.0. The maximum absolute atomic E-state index is 13.9. The number of nitrogens with one attached hydrogen (secondary N) is 1. The maximum Gasteiger partial charge on any atom is 0.319 e. The largest absolute Gasteiger partial charge is 0.459 e. The molecule has 4 nitrogen and oxygen atoms in total. The van der Waals surface area contributed by atoms with Crippen molar-refractivity contribution in [1.82, 2.24) is 0 Å². The van der Waals surface area contributed by atoms with Crippen LogP contribution in [0.15, 0.2) is 21.5 Å². The van der Waals surface area contributed by atoms with Gasteiger partial charge in [0, 0.05) is 15.8 Å². The van der Waals surface area contributed by atoms with Gasteiger partial charge in [0.1, 0.15) is 16.7 Å². The molecule has 1 unspecified atom stereocenters. The first-order valence-electron chi connectivity index (χ1n) is 7.22. The molecule has 1 amide bonds. The zero-order chi connectivity index (χ0) is 17.8. The van der Waals surface area contributed by atoms with Gasteiger partial charge in [-0.05, 0) is 55.8 Å². The minimum atomic E-state index is -0.563. The van der Waals surface area contributed by atoms with Crippen LogP contribution < -0.4 is 5.32 Å². The highest BCUT2D eigenvalue weighted by Crippen LogP contribution is 2.35. The third-order valence-electron chi connectivity index (χ3n) is 2.66. The number of ether oxygens (including phenoxy) is 1. The maximum atomic E-state index is 13.9. The molecular formula is C16H21BrFNO3S. The van der Waals surface area contributed by atoms with Crippen LogP contribution in [-0.4, -0.2) is 22.7 Å². The van der Waals surface area contributed by atoms with Crippen LogP contribution in [0.1, 0.15) is 41.0 Å². The van der Waals surface area contributed by atoms with Crippen LogP contribution in [0.4, 0.5) is 10.1 Å². The van der Waals surface area contributed by atoms with Crippen LogP contribution in [-0.2, 0) is 14.3 Å². The topological polar surface area (TPSA) is 55.4 Å². The van der Waals surface area contributed by atoms with Crippen molar-refractivity contribution in [3.05, 3.63) is 22.4 Å². The summed E-state index contributed by atoms with van der Waals surface area (Å²) in [6.07, 6.45) is 0.256. The number of amides is 1. The van der Waals surface area contributed by atoms with Crippen molar-refractivity contribution in [1.29, 1.82) is 0 Å². The zero-order valence-electron chi connectivity index (χ0n) is 13.8. The van der Waals surface area contributed by atoms with Crippen molar-refractivity contribution >= 4 is 45.3 Å². The number of hydrogen-bond acceptors (Lipinski definition) is 4. The van der Waals surface area contributed by atoms with Gasteiger partial charge in [-0.1, -0.05) is 6.92 Å². The molecule has 7 heteroatoms. The fourth-order valence-electron chi connectivity index (χ4n) is 1.58. The molecule has 0 aromatic heterocycles. The van der Waals surface area contributed by atoms with Gasteiger partial charge in [0.15, 0.2) is 0 Å². The van der Waals surface area contributed by atoms with E-state index in [2.05, 4.69) is 21.2 Å². The van der Waals surface area contributed by atoms with Crippen LogP contribution in [0.2, 0.25) is 0 Å². The molecule has 1 N–H and O–H groups in total. The molecule has 0 spiro atoms. The summed E-state index contributed by atoms with van der Waals surface area (Å²) in [5, 5.41) is 2.04. The van der Waals surface area contributed by atoms with Gasteiger partial charge in [0.25, 0.3) is 0 Å². The third kappa shape index (κ3) is 6.51. The molecule has 0 heterocycles. The highest BCUT2D eigenvalue weighted by Gasteiger charge is 2.23. The van der Waals surface area contributed by atoms with Crippen LogP contribution in [0.5, 0.6) is 0 Å². The van der Waals surface area contributed by atoms with Crippen molar-refractivity contribution in [3.63, 3.8) is 0 Å². The Morgan fingerprint density at radius 2 is 2.00 bits per heavy atom. The van der Waals surface area contributed by atoms with Crippen molar-refractivity contribution in [2.75, 3.05) is 5.32 Å². The highest BCUT2D eigenvalue weighted by atomic mass is 79.9. The van der Waals surface area contributed by atoms with Gasteiger partial charge in [-0.15, -0.1) is 11.8 Å². The average molecular weight is 406 g/mol. The SMILES string of the molecule is CCC(=O)Nc1cc(SC(C)C(=O)OC(C)(C)C)c(Br)cc1F. The molecule has 0 aliphatic heterocycles. The van der Waals surface area contributed by atoms with Crippen LogP contribution >= 0.6 is 27.7 Å². The van der Waals surface area contributed by atoms with Crippen LogP contribution in [0.25, 0.3) is 0 Å². The van der Waals surface area contributed by atoms with Crippen molar-refractivity contribution in [3.8, 4) is 0 Å². The first-order valence-corrected chi connectivity index (χ1v) is 8.89. The van der Waals surface area contributed by atoms with E-state index in [1.807, 2.05) is 0 Å². The van der Waals surface area contributed by atoms with E-state index in [0.29, 0.717) is 9.37 Å². The Morgan fingerprint density at radius 1 is 1.39 bits per heavy atom. The third-order valence-corrected chi connectivity index (χ3v) is 4.72. The number of carbonyl (C=O) groups is 2. The second-order valence-corrected chi connectivity index (χ2v) is 8.19. The number of benzene rings is 1. The van der Waals surface area contributed by atoms with E-state index in [1.54, 1.807) is 34.6 Å². The highest BCUT2D eigenvalue weighted by molar-refractivity contribution is 9.10. The molecule has 0 bridgehead atoms. The van der Waals surface area contributed by atoms with Crippen LogP contribution in [0.3, 0.4) is 0 Å². The van der Waals surface area contributed by atoms with E-state index in [1.165, 1.54) is 23.9 Å². The van der Waals surface area contributed by atoms with E-state index in [-0.39, 0.29) is 24.0 Å². The lowest BCUT2D eigenvalue weighted by molar-refractivity contribution is -0.153. The monoisotopic (exact) mass is 405 g/mol. The summed E-state index contributed by atoms with van der Waals surface area (Å²) >= 11 is 4.52. The van der Waals surface area contributed by atoms with E-state index >= 15 is 0 Å². The molecule has 1 atom stereocenters. The van der Waals surface area contributed by atoms with Crippen LogP contribution in [0, 0.1) is 5.82 Å². The number of halogens is 2. The summed E-state index contributed by atoms with van der Waals surface area (Å²) in [6, 6.07) is 2.79. The lowest BCUT2D eigenvalue weighted by Gasteiger charge is -2.22.